The lowest BCUT2D eigenvalue weighted by Gasteiger charge is -2.15. The Morgan fingerprint density at radius 2 is 1.76 bits per heavy atom. The summed E-state index contributed by atoms with van der Waals surface area (Å²) in [4.78, 5) is 16.4. The Kier molecular flexibility index (Phi) is 6.27. The molecule has 2 aromatic carbocycles. The number of H-pyrrole nitrogens is 1. The summed E-state index contributed by atoms with van der Waals surface area (Å²) in [7, 11) is 3.09. The SMILES string of the molecule is CCOc1c(OC)cc(C(=O)C(C)=Cc2c[nH]c3cc(CC)ccc23)cc1OC. The third-order valence-electron chi connectivity index (χ3n) is 4.93. The molecule has 1 aromatic heterocycles. The van der Waals surface area contributed by atoms with Gasteiger partial charge in [0.05, 0.1) is 20.8 Å². The van der Waals surface area contributed by atoms with Crippen molar-refractivity contribution < 1.29 is 19.0 Å². The number of aryl methyl sites for hydroxylation is 1. The Balaban J connectivity index is 1.98. The number of methoxy groups -OCH3 is 2. The molecule has 3 rings (SSSR count). The zero-order chi connectivity index (χ0) is 21.0. The number of carbonyl (C=O) groups is 1. The van der Waals surface area contributed by atoms with E-state index in [0.29, 0.717) is 35.0 Å². The molecule has 0 aliphatic carbocycles. The van der Waals surface area contributed by atoms with Crippen LogP contribution in [0.1, 0.15) is 42.3 Å². The van der Waals surface area contributed by atoms with Crippen LogP contribution in [-0.2, 0) is 6.42 Å². The van der Waals surface area contributed by atoms with Gasteiger partial charge in [-0.2, -0.15) is 0 Å². The largest absolute Gasteiger partial charge is 0.493 e. The molecule has 29 heavy (non-hydrogen) atoms. The molecule has 152 valence electrons. The van der Waals surface area contributed by atoms with Crippen molar-refractivity contribution in [2.75, 3.05) is 20.8 Å². The van der Waals surface area contributed by atoms with Crippen molar-refractivity contribution in [1.29, 1.82) is 0 Å². The molecule has 0 unspecified atom stereocenters. The second-order valence-electron chi connectivity index (χ2n) is 6.78. The average molecular weight is 393 g/mol. The van der Waals surface area contributed by atoms with Gasteiger partial charge in [-0.3, -0.25) is 4.79 Å². The Hall–Kier alpha value is -3.21. The fourth-order valence-corrected chi connectivity index (χ4v) is 3.36. The van der Waals surface area contributed by atoms with Crippen molar-refractivity contribution in [2.45, 2.75) is 27.2 Å². The van der Waals surface area contributed by atoms with Crippen molar-refractivity contribution in [3.63, 3.8) is 0 Å². The number of Topliss-reactive ketones (excluding diaryl/α,β-unsaturated/α-hetero) is 1. The third kappa shape index (κ3) is 4.14. The van der Waals surface area contributed by atoms with Crippen LogP contribution in [0.5, 0.6) is 17.2 Å². The topological polar surface area (TPSA) is 60.5 Å². The molecule has 0 saturated carbocycles. The van der Waals surface area contributed by atoms with Gasteiger partial charge in [0, 0.05) is 28.2 Å². The van der Waals surface area contributed by atoms with Gasteiger partial charge in [0.2, 0.25) is 5.75 Å². The Bertz CT molecular complexity index is 1040. The van der Waals surface area contributed by atoms with Gasteiger partial charge >= 0.3 is 0 Å². The Labute approximate surface area is 171 Å². The van der Waals surface area contributed by atoms with E-state index in [4.69, 9.17) is 14.2 Å². The van der Waals surface area contributed by atoms with Crippen LogP contribution in [0.15, 0.2) is 42.1 Å². The summed E-state index contributed by atoms with van der Waals surface area (Å²) in [6.07, 6.45) is 4.82. The lowest BCUT2D eigenvalue weighted by Crippen LogP contribution is -2.05. The van der Waals surface area contributed by atoms with Crippen LogP contribution >= 0.6 is 0 Å². The highest BCUT2D eigenvalue weighted by molar-refractivity contribution is 6.12. The molecule has 0 radical (unpaired) electrons. The minimum Gasteiger partial charge on any atom is -0.493 e. The van der Waals surface area contributed by atoms with Gasteiger partial charge < -0.3 is 19.2 Å². The molecule has 0 fully saturated rings. The fraction of sp³-hybridized carbons (Fsp3) is 0.292. The minimum absolute atomic E-state index is 0.0934. The van der Waals surface area contributed by atoms with E-state index in [2.05, 4.69) is 30.1 Å². The highest BCUT2D eigenvalue weighted by atomic mass is 16.5. The van der Waals surface area contributed by atoms with E-state index in [-0.39, 0.29) is 5.78 Å². The lowest BCUT2D eigenvalue weighted by molar-refractivity contribution is 0.103. The molecule has 0 bridgehead atoms. The number of aromatic nitrogens is 1. The summed E-state index contributed by atoms with van der Waals surface area (Å²) in [5, 5.41) is 1.09. The average Bonchev–Trinajstić information content (AvgIpc) is 3.15. The van der Waals surface area contributed by atoms with Crippen LogP contribution in [0.2, 0.25) is 0 Å². The van der Waals surface area contributed by atoms with E-state index in [1.54, 1.807) is 26.4 Å². The van der Waals surface area contributed by atoms with E-state index in [9.17, 15) is 4.79 Å². The van der Waals surface area contributed by atoms with E-state index in [1.807, 2.05) is 26.1 Å². The molecule has 0 atom stereocenters. The number of rotatable bonds is 8. The molecular formula is C24H27NO4. The zero-order valence-electron chi connectivity index (χ0n) is 17.6. The first-order valence-electron chi connectivity index (χ1n) is 9.74. The normalized spacial score (nSPS) is 11.6. The van der Waals surface area contributed by atoms with Crippen LogP contribution in [0.4, 0.5) is 0 Å². The maximum absolute atomic E-state index is 13.1. The molecule has 0 saturated heterocycles. The lowest BCUT2D eigenvalue weighted by atomic mass is 10.0. The van der Waals surface area contributed by atoms with Gasteiger partial charge in [0.25, 0.3) is 0 Å². The number of ether oxygens (including phenoxy) is 3. The monoisotopic (exact) mass is 393 g/mol. The number of hydrogen-bond acceptors (Lipinski definition) is 4. The van der Waals surface area contributed by atoms with Crippen LogP contribution in [-0.4, -0.2) is 31.6 Å². The second-order valence-corrected chi connectivity index (χ2v) is 6.78. The number of hydrogen-bond donors (Lipinski definition) is 1. The highest BCUT2D eigenvalue weighted by Crippen LogP contribution is 2.39. The molecule has 0 aliphatic heterocycles. The number of nitrogens with one attached hydrogen (secondary N) is 1. The van der Waals surface area contributed by atoms with Gasteiger partial charge in [-0.1, -0.05) is 19.1 Å². The summed E-state index contributed by atoms with van der Waals surface area (Å²) in [6, 6.07) is 9.74. The summed E-state index contributed by atoms with van der Waals surface area (Å²) in [5.74, 6) is 1.35. The van der Waals surface area contributed by atoms with Gasteiger partial charge in [-0.05, 0) is 55.7 Å². The second kappa shape index (κ2) is 8.86. The van der Waals surface area contributed by atoms with E-state index < -0.39 is 0 Å². The summed E-state index contributed by atoms with van der Waals surface area (Å²) >= 11 is 0. The molecule has 0 aliphatic rings. The maximum Gasteiger partial charge on any atom is 0.203 e. The van der Waals surface area contributed by atoms with Crippen molar-refractivity contribution in [3.05, 3.63) is 58.8 Å². The number of benzene rings is 2. The molecule has 5 heteroatoms. The van der Waals surface area contributed by atoms with E-state index >= 15 is 0 Å². The summed E-state index contributed by atoms with van der Waals surface area (Å²) in [6.45, 7) is 6.30. The smallest absolute Gasteiger partial charge is 0.203 e. The van der Waals surface area contributed by atoms with E-state index in [0.717, 1.165) is 22.9 Å². The molecule has 0 spiro atoms. The van der Waals surface area contributed by atoms with Gasteiger partial charge in [-0.25, -0.2) is 0 Å². The van der Waals surface area contributed by atoms with Crippen molar-refractivity contribution in [1.82, 2.24) is 4.98 Å². The first-order valence-corrected chi connectivity index (χ1v) is 9.74. The van der Waals surface area contributed by atoms with Crippen molar-refractivity contribution in [3.8, 4) is 17.2 Å². The first kappa shape index (κ1) is 20.5. The standard InChI is InChI=1S/C24H27NO4/c1-6-16-8-9-19-18(14-25-20(19)11-16)10-15(3)23(26)17-12-21(27-4)24(29-7-2)22(13-17)28-5/h8-14,25H,6-7H2,1-5H3. The number of aromatic amines is 1. The van der Waals surface area contributed by atoms with Crippen molar-refractivity contribution >= 4 is 22.8 Å². The fourth-order valence-electron chi connectivity index (χ4n) is 3.36. The number of ketones is 1. The molecular weight excluding hydrogens is 366 g/mol. The van der Waals surface area contributed by atoms with Crippen LogP contribution in [0, 0.1) is 0 Å². The predicted octanol–water partition coefficient (Wildman–Crippen LogP) is 5.43. The van der Waals surface area contributed by atoms with Gasteiger partial charge in [0.15, 0.2) is 17.3 Å². The quantitative estimate of drug-likeness (QED) is 0.409. The van der Waals surface area contributed by atoms with Crippen LogP contribution in [0.25, 0.3) is 17.0 Å². The molecule has 1 heterocycles. The van der Waals surface area contributed by atoms with Crippen LogP contribution < -0.4 is 14.2 Å². The molecule has 5 nitrogen and oxygen atoms in total. The Morgan fingerprint density at radius 3 is 2.34 bits per heavy atom. The summed E-state index contributed by atoms with van der Waals surface area (Å²) < 4.78 is 16.4. The minimum atomic E-state index is -0.0934. The predicted molar refractivity (Wildman–Crippen MR) is 116 cm³/mol. The first-order chi connectivity index (χ1) is 14.0. The van der Waals surface area contributed by atoms with Gasteiger partial charge in [-0.15, -0.1) is 0 Å². The highest BCUT2D eigenvalue weighted by Gasteiger charge is 2.18. The number of carbonyl (C=O) groups excluding carboxylic acids is 1. The van der Waals surface area contributed by atoms with Gasteiger partial charge in [0.1, 0.15) is 0 Å². The zero-order valence-corrected chi connectivity index (χ0v) is 17.6. The maximum atomic E-state index is 13.1. The molecule has 1 N–H and O–H groups in total. The molecule has 3 aromatic rings. The third-order valence-corrected chi connectivity index (χ3v) is 4.93. The Morgan fingerprint density at radius 1 is 1.07 bits per heavy atom. The van der Waals surface area contributed by atoms with Crippen LogP contribution in [0.3, 0.4) is 0 Å². The molecule has 0 amide bonds. The number of fused-ring (bicyclic) bond motifs is 1. The number of allylic oxidation sites excluding steroid dienone is 1. The van der Waals surface area contributed by atoms with Crippen molar-refractivity contribution in [2.24, 2.45) is 0 Å². The summed E-state index contributed by atoms with van der Waals surface area (Å²) in [5.41, 5.74) is 4.44. The van der Waals surface area contributed by atoms with E-state index in [1.165, 1.54) is 5.56 Å².